The molecule has 0 unspecified atom stereocenters. The molecule has 110 valence electrons. The second-order valence-corrected chi connectivity index (χ2v) is 4.49. The quantitative estimate of drug-likeness (QED) is 0.544. The van der Waals surface area contributed by atoms with E-state index in [2.05, 4.69) is 15.3 Å². The summed E-state index contributed by atoms with van der Waals surface area (Å²) in [5, 5.41) is 7.73. The van der Waals surface area contributed by atoms with E-state index >= 15 is 0 Å². The van der Waals surface area contributed by atoms with Crippen LogP contribution in [-0.2, 0) is 9.53 Å². The highest BCUT2D eigenvalue weighted by molar-refractivity contribution is 5.91. The number of aromatic nitrogens is 3. The standard InChI is InChI=1S/C16H13N3O3/c1-2-21-15(20)9-8-12-7-6-11(10-17-12)13-4-3-5-14-16(13)19-22-18-14/h3-10H,2H2,1H3/b9-8+. The van der Waals surface area contributed by atoms with E-state index in [1.54, 1.807) is 19.2 Å². The van der Waals surface area contributed by atoms with Gasteiger partial charge in [0.15, 0.2) is 0 Å². The Morgan fingerprint density at radius 3 is 2.95 bits per heavy atom. The number of hydrogen-bond acceptors (Lipinski definition) is 6. The molecule has 0 aliphatic carbocycles. The summed E-state index contributed by atoms with van der Waals surface area (Å²) in [7, 11) is 0. The van der Waals surface area contributed by atoms with E-state index in [1.165, 1.54) is 6.08 Å². The van der Waals surface area contributed by atoms with E-state index in [1.807, 2.05) is 30.3 Å². The molecule has 0 amide bonds. The van der Waals surface area contributed by atoms with Crippen LogP contribution in [0, 0.1) is 0 Å². The number of rotatable bonds is 4. The molecule has 0 fully saturated rings. The number of esters is 1. The van der Waals surface area contributed by atoms with Crippen LogP contribution < -0.4 is 0 Å². The van der Waals surface area contributed by atoms with Crippen molar-refractivity contribution >= 4 is 23.1 Å². The molecule has 0 spiro atoms. The fourth-order valence-corrected chi connectivity index (χ4v) is 2.05. The third-order valence-electron chi connectivity index (χ3n) is 3.06. The summed E-state index contributed by atoms with van der Waals surface area (Å²) in [5.41, 5.74) is 3.85. The normalized spacial score (nSPS) is 11.1. The van der Waals surface area contributed by atoms with Crippen LogP contribution in [0.2, 0.25) is 0 Å². The lowest BCUT2D eigenvalue weighted by Crippen LogP contribution is -1.98. The minimum Gasteiger partial charge on any atom is -0.463 e. The Bertz CT molecular complexity index is 822. The van der Waals surface area contributed by atoms with E-state index in [0.717, 1.165) is 11.1 Å². The van der Waals surface area contributed by atoms with Crippen LogP contribution in [0.25, 0.3) is 28.2 Å². The number of pyridine rings is 1. The Hall–Kier alpha value is -3.02. The molecule has 22 heavy (non-hydrogen) atoms. The first-order valence-corrected chi connectivity index (χ1v) is 6.80. The zero-order valence-electron chi connectivity index (χ0n) is 11.9. The highest BCUT2D eigenvalue weighted by Gasteiger charge is 2.08. The maximum atomic E-state index is 11.3. The smallest absolute Gasteiger partial charge is 0.330 e. The number of ether oxygens (including phenoxy) is 1. The van der Waals surface area contributed by atoms with Gasteiger partial charge in [-0.05, 0) is 35.4 Å². The first kappa shape index (κ1) is 13.9. The highest BCUT2D eigenvalue weighted by atomic mass is 16.6. The van der Waals surface area contributed by atoms with Crippen molar-refractivity contribution in [1.29, 1.82) is 0 Å². The van der Waals surface area contributed by atoms with Crippen molar-refractivity contribution in [1.82, 2.24) is 15.3 Å². The number of hydrogen-bond donors (Lipinski definition) is 0. The SMILES string of the molecule is CCOC(=O)/C=C/c1ccc(-c2cccc3nonc23)cn1. The van der Waals surface area contributed by atoms with E-state index < -0.39 is 0 Å². The maximum Gasteiger partial charge on any atom is 0.330 e. The third-order valence-corrected chi connectivity index (χ3v) is 3.06. The molecule has 0 radical (unpaired) electrons. The highest BCUT2D eigenvalue weighted by Crippen LogP contribution is 2.25. The second-order valence-electron chi connectivity index (χ2n) is 4.49. The first-order valence-electron chi connectivity index (χ1n) is 6.80. The summed E-state index contributed by atoms with van der Waals surface area (Å²) in [4.78, 5) is 15.6. The van der Waals surface area contributed by atoms with Gasteiger partial charge in [-0.2, -0.15) is 0 Å². The molecule has 0 aliphatic heterocycles. The number of carbonyl (C=O) groups excluding carboxylic acids is 1. The molecule has 0 N–H and O–H groups in total. The molecule has 2 heterocycles. The molecule has 0 bridgehead atoms. The van der Waals surface area contributed by atoms with Gasteiger partial charge in [0, 0.05) is 23.4 Å². The minimum absolute atomic E-state index is 0.352. The first-order chi connectivity index (χ1) is 10.8. The van der Waals surface area contributed by atoms with Crippen LogP contribution in [0.5, 0.6) is 0 Å². The lowest BCUT2D eigenvalue weighted by Gasteiger charge is -2.01. The van der Waals surface area contributed by atoms with Crippen molar-refractivity contribution in [2.24, 2.45) is 0 Å². The molecular weight excluding hydrogens is 282 g/mol. The van der Waals surface area contributed by atoms with Gasteiger partial charge in [0.2, 0.25) is 0 Å². The van der Waals surface area contributed by atoms with E-state index in [4.69, 9.17) is 9.37 Å². The molecule has 0 saturated carbocycles. The molecule has 0 saturated heterocycles. The zero-order chi connectivity index (χ0) is 15.4. The van der Waals surface area contributed by atoms with Crippen LogP contribution in [0.1, 0.15) is 12.6 Å². The van der Waals surface area contributed by atoms with Gasteiger partial charge in [0.05, 0.1) is 12.3 Å². The lowest BCUT2D eigenvalue weighted by molar-refractivity contribution is -0.137. The largest absolute Gasteiger partial charge is 0.463 e. The summed E-state index contributed by atoms with van der Waals surface area (Å²) in [5.74, 6) is -0.383. The number of nitrogens with zero attached hydrogens (tertiary/aromatic N) is 3. The molecular formula is C16H13N3O3. The Morgan fingerprint density at radius 1 is 1.27 bits per heavy atom. The maximum absolute atomic E-state index is 11.3. The van der Waals surface area contributed by atoms with Crippen LogP contribution in [0.3, 0.4) is 0 Å². The van der Waals surface area contributed by atoms with Crippen LogP contribution in [-0.4, -0.2) is 27.9 Å². The van der Waals surface area contributed by atoms with Crippen molar-refractivity contribution in [3.05, 3.63) is 48.3 Å². The number of fused-ring (bicyclic) bond motifs is 1. The van der Waals surface area contributed by atoms with Crippen LogP contribution >= 0.6 is 0 Å². The average molecular weight is 295 g/mol. The van der Waals surface area contributed by atoms with E-state index in [9.17, 15) is 4.79 Å². The van der Waals surface area contributed by atoms with Crippen LogP contribution in [0.4, 0.5) is 0 Å². The Morgan fingerprint density at radius 2 is 2.18 bits per heavy atom. The predicted molar refractivity (Wildman–Crippen MR) is 80.7 cm³/mol. The van der Waals surface area contributed by atoms with Gasteiger partial charge in [-0.1, -0.05) is 18.2 Å². The van der Waals surface area contributed by atoms with Gasteiger partial charge in [-0.15, -0.1) is 0 Å². The zero-order valence-corrected chi connectivity index (χ0v) is 11.9. The fourth-order valence-electron chi connectivity index (χ4n) is 2.05. The average Bonchev–Trinajstić information content (AvgIpc) is 3.02. The van der Waals surface area contributed by atoms with Gasteiger partial charge in [0.25, 0.3) is 0 Å². The van der Waals surface area contributed by atoms with Crippen molar-refractivity contribution in [3.8, 4) is 11.1 Å². The van der Waals surface area contributed by atoms with Gasteiger partial charge in [0.1, 0.15) is 11.0 Å². The summed E-state index contributed by atoms with van der Waals surface area (Å²) < 4.78 is 9.57. The monoisotopic (exact) mass is 295 g/mol. The third kappa shape index (κ3) is 2.85. The van der Waals surface area contributed by atoms with Crippen molar-refractivity contribution in [3.63, 3.8) is 0 Å². The predicted octanol–water partition coefficient (Wildman–Crippen LogP) is 2.86. The molecule has 3 rings (SSSR count). The molecule has 6 heteroatoms. The lowest BCUT2D eigenvalue weighted by atomic mass is 10.1. The summed E-state index contributed by atoms with van der Waals surface area (Å²) in [6, 6.07) is 9.37. The number of benzene rings is 1. The Labute approximate surface area is 126 Å². The molecule has 0 aliphatic rings. The minimum atomic E-state index is -0.383. The van der Waals surface area contributed by atoms with Gasteiger partial charge in [-0.25, -0.2) is 9.42 Å². The Kier molecular flexibility index (Phi) is 3.91. The molecule has 1 aromatic carbocycles. The topological polar surface area (TPSA) is 78.1 Å². The number of carbonyl (C=O) groups is 1. The molecule has 0 atom stereocenters. The van der Waals surface area contributed by atoms with Crippen molar-refractivity contribution in [2.45, 2.75) is 6.92 Å². The molecule has 6 nitrogen and oxygen atoms in total. The molecule has 3 aromatic rings. The van der Waals surface area contributed by atoms with Gasteiger partial charge in [-0.3, -0.25) is 4.98 Å². The summed E-state index contributed by atoms with van der Waals surface area (Å²) in [6.07, 6.45) is 4.68. The molecule has 2 aromatic heterocycles. The van der Waals surface area contributed by atoms with Crippen molar-refractivity contribution in [2.75, 3.05) is 6.61 Å². The van der Waals surface area contributed by atoms with Crippen LogP contribution in [0.15, 0.2) is 47.2 Å². The van der Waals surface area contributed by atoms with Gasteiger partial charge >= 0.3 is 5.97 Å². The second kappa shape index (κ2) is 6.17. The van der Waals surface area contributed by atoms with E-state index in [-0.39, 0.29) is 5.97 Å². The fraction of sp³-hybridized carbons (Fsp3) is 0.125. The van der Waals surface area contributed by atoms with Gasteiger partial charge < -0.3 is 4.74 Å². The Balaban J connectivity index is 1.85. The summed E-state index contributed by atoms with van der Waals surface area (Å²) in [6.45, 7) is 2.11. The van der Waals surface area contributed by atoms with E-state index in [0.29, 0.717) is 23.3 Å². The van der Waals surface area contributed by atoms with Crippen molar-refractivity contribution < 1.29 is 14.2 Å². The summed E-state index contributed by atoms with van der Waals surface area (Å²) >= 11 is 0.